The van der Waals surface area contributed by atoms with Crippen molar-refractivity contribution >= 4 is 5.69 Å². The van der Waals surface area contributed by atoms with Gasteiger partial charge in [-0.3, -0.25) is 10.1 Å². The summed E-state index contributed by atoms with van der Waals surface area (Å²) >= 11 is 0. The molecule has 0 spiro atoms. The highest BCUT2D eigenvalue weighted by Gasteiger charge is 2.22. The van der Waals surface area contributed by atoms with Crippen molar-refractivity contribution in [3.63, 3.8) is 0 Å². The number of nitriles is 1. The zero-order chi connectivity index (χ0) is 13.3. The lowest BCUT2D eigenvalue weighted by atomic mass is 10.3. The first kappa shape index (κ1) is 11.7. The molecule has 0 atom stereocenters. The van der Waals surface area contributed by atoms with Crippen molar-refractivity contribution in [2.45, 2.75) is 13.8 Å². The van der Waals surface area contributed by atoms with Crippen molar-refractivity contribution in [3.05, 3.63) is 45.5 Å². The number of nitrogens with zero attached hydrogens (tertiary/aromatic N) is 5. The normalized spacial score (nSPS) is 10.1. The molecule has 0 saturated heterocycles. The molecule has 0 aromatic carbocycles. The topological polar surface area (TPSA) is 97.6 Å². The Balaban J connectivity index is 2.62. The first-order valence-corrected chi connectivity index (χ1v) is 5.11. The van der Waals surface area contributed by atoms with Crippen LogP contribution in [-0.4, -0.2) is 19.7 Å². The molecule has 2 rings (SSSR count). The van der Waals surface area contributed by atoms with E-state index in [1.807, 2.05) is 6.07 Å². The molecule has 0 N–H and O–H groups in total. The molecule has 0 bridgehead atoms. The summed E-state index contributed by atoms with van der Waals surface area (Å²) in [6.45, 7) is 3.19. The Bertz CT molecular complexity index is 669. The number of pyridine rings is 1. The smallest absolute Gasteiger partial charge is 0.258 e. The van der Waals surface area contributed by atoms with Crippen LogP contribution < -0.4 is 0 Å². The SMILES string of the molecule is Cc1nn(-c2ccnc(C#N)c2)c(C)c1[N+](=O)[O-]. The van der Waals surface area contributed by atoms with Gasteiger partial charge in [0.2, 0.25) is 0 Å². The standard InChI is InChI=1S/C11H9N5O2/c1-7-11(16(17)18)8(2)15(14-7)10-3-4-13-9(5-10)6-12/h3-5H,1-2H3. The first-order valence-electron chi connectivity index (χ1n) is 5.11. The summed E-state index contributed by atoms with van der Waals surface area (Å²) in [5.41, 5.74) is 1.57. The number of hydrogen-bond donors (Lipinski definition) is 0. The van der Waals surface area contributed by atoms with Crippen molar-refractivity contribution in [2.75, 3.05) is 0 Å². The number of aromatic nitrogens is 3. The molecule has 2 heterocycles. The summed E-state index contributed by atoms with van der Waals surface area (Å²) < 4.78 is 1.44. The maximum atomic E-state index is 10.9. The van der Waals surface area contributed by atoms with Crippen LogP contribution in [0.4, 0.5) is 5.69 Å². The summed E-state index contributed by atoms with van der Waals surface area (Å²) in [6.07, 6.45) is 1.47. The van der Waals surface area contributed by atoms with E-state index in [1.54, 1.807) is 19.9 Å². The highest BCUT2D eigenvalue weighted by atomic mass is 16.6. The third-order valence-electron chi connectivity index (χ3n) is 2.54. The fourth-order valence-corrected chi connectivity index (χ4v) is 1.76. The lowest BCUT2D eigenvalue weighted by Crippen LogP contribution is -2.00. The zero-order valence-electron chi connectivity index (χ0n) is 9.78. The van der Waals surface area contributed by atoms with E-state index in [0.717, 1.165) is 0 Å². The van der Waals surface area contributed by atoms with Crippen LogP contribution in [0.15, 0.2) is 18.3 Å². The third-order valence-corrected chi connectivity index (χ3v) is 2.54. The third kappa shape index (κ3) is 1.80. The van der Waals surface area contributed by atoms with Crippen molar-refractivity contribution in [1.82, 2.24) is 14.8 Å². The van der Waals surface area contributed by atoms with Crippen LogP contribution >= 0.6 is 0 Å². The molecule has 18 heavy (non-hydrogen) atoms. The van der Waals surface area contributed by atoms with Gasteiger partial charge in [0, 0.05) is 12.3 Å². The molecule has 0 amide bonds. The summed E-state index contributed by atoms with van der Waals surface area (Å²) in [6, 6.07) is 5.09. The lowest BCUT2D eigenvalue weighted by molar-refractivity contribution is -0.386. The van der Waals surface area contributed by atoms with E-state index < -0.39 is 4.92 Å². The molecule has 0 aliphatic rings. The Morgan fingerprint density at radius 3 is 2.78 bits per heavy atom. The van der Waals surface area contributed by atoms with Crippen LogP contribution in [0.5, 0.6) is 0 Å². The van der Waals surface area contributed by atoms with Gasteiger partial charge in [-0.2, -0.15) is 10.4 Å². The number of rotatable bonds is 2. The van der Waals surface area contributed by atoms with E-state index >= 15 is 0 Å². The first-order chi connectivity index (χ1) is 8.54. The van der Waals surface area contributed by atoms with Crippen LogP contribution in [0.25, 0.3) is 5.69 Å². The highest BCUT2D eigenvalue weighted by molar-refractivity contribution is 5.46. The van der Waals surface area contributed by atoms with Crippen LogP contribution in [0, 0.1) is 35.3 Å². The molecule has 2 aromatic rings. The average Bonchev–Trinajstić information content (AvgIpc) is 2.65. The van der Waals surface area contributed by atoms with Crippen LogP contribution in [0.3, 0.4) is 0 Å². The molecule has 0 radical (unpaired) electrons. The molecule has 2 aromatic heterocycles. The van der Waals surface area contributed by atoms with Gasteiger partial charge in [-0.15, -0.1) is 0 Å². The van der Waals surface area contributed by atoms with E-state index in [0.29, 0.717) is 17.1 Å². The molecule has 90 valence electrons. The van der Waals surface area contributed by atoms with Gasteiger partial charge in [0.15, 0.2) is 0 Å². The second-order valence-corrected chi connectivity index (χ2v) is 3.70. The minimum Gasteiger partial charge on any atom is -0.258 e. The molecule has 0 saturated carbocycles. The Hall–Kier alpha value is -2.75. The maximum absolute atomic E-state index is 10.9. The van der Waals surface area contributed by atoms with Gasteiger partial charge in [-0.25, -0.2) is 9.67 Å². The van der Waals surface area contributed by atoms with Gasteiger partial charge in [-0.05, 0) is 19.9 Å². The fraction of sp³-hybridized carbons (Fsp3) is 0.182. The zero-order valence-corrected chi connectivity index (χ0v) is 9.78. The molecule has 0 fully saturated rings. The monoisotopic (exact) mass is 243 g/mol. The number of nitro groups is 1. The summed E-state index contributed by atoms with van der Waals surface area (Å²) in [4.78, 5) is 14.3. The Morgan fingerprint density at radius 2 is 2.22 bits per heavy atom. The Labute approximate surface area is 102 Å². The van der Waals surface area contributed by atoms with Crippen LogP contribution in [0.2, 0.25) is 0 Å². The predicted octanol–water partition coefficient (Wildman–Crippen LogP) is 1.66. The molecular formula is C11H9N5O2. The Kier molecular flexibility index (Phi) is 2.77. The number of aryl methyl sites for hydroxylation is 1. The van der Waals surface area contributed by atoms with E-state index in [9.17, 15) is 10.1 Å². The predicted molar refractivity (Wildman–Crippen MR) is 62.2 cm³/mol. The fourth-order valence-electron chi connectivity index (χ4n) is 1.76. The minimum absolute atomic E-state index is 0.00896. The minimum atomic E-state index is -0.458. The van der Waals surface area contributed by atoms with E-state index in [-0.39, 0.29) is 11.4 Å². The van der Waals surface area contributed by atoms with E-state index in [1.165, 1.54) is 16.9 Å². The Morgan fingerprint density at radius 1 is 1.50 bits per heavy atom. The van der Waals surface area contributed by atoms with Crippen LogP contribution in [-0.2, 0) is 0 Å². The molecule has 7 heteroatoms. The van der Waals surface area contributed by atoms with E-state index in [4.69, 9.17) is 5.26 Å². The van der Waals surface area contributed by atoms with Gasteiger partial charge in [0.25, 0.3) is 0 Å². The van der Waals surface area contributed by atoms with E-state index in [2.05, 4.69) is 10.1 Å². The summed E-state index contributed by atoms with van der Waals surface area (Å²) in [5, 5.41) is 23.8. The second-order valence-electron chi connectivity index (χ2n) is 3.70. The quantitative estimate of drug-likeness (QED) is 0.590. The summed E-state index contributed by atoms with van der Waals surface area (Å²) in [5.74, 6) is 0. The molecule has 7 nitrogen and oxygen atoms in total. The molecular weight excluding hydrogens is 234 g/mol. The van der Waals surface area contributed by atoms with Gasteiger partial charge < -0.3 is 0 Å². The van der Waals surface area contributed by atoms with Crippen molar-refractivity contribution in [1.29, 1.82) is 5.26 Å². The van der Waals surface area contributed by atoms with Gasteiger partial charge in [-0.1, -0.05) is 0 Å². The van der Waals surface area contributed by atoms with Crippen molar-refractivity contribution < 1.29 is 4.92 Å². The summed E-state index contributed by atoms with van der Waals surface area (Å²) in [7, 11) is 0. The number of hydrogen-bond acceptors (Lipinski definition) is 5. The molecule has 0 unspecified atom stereocenters. The van der Waals surface area contributed by atoms with Crippen molar-refractivity contribution in [3.8, 4) is 11.8 Å². The van der Waals surface area contributed by atoms with Gasteiger partial charge in [0.05, 0.1) is 10.6 Å². The second kappa shape index (κ2) is 4.25. The van der Waals surface area contributed by atoms with Gasteiger partial charge >= 0.3 is 5.69 Å². The average molecular weight is 243 g/mol. The lowest BCUT2D eigenvalue weighted by Gasteiger charge is -2.02. The van der Waals surface area contributed by atoms with Crippen LogP contribution in [0.1, 0.15) is 17.1 Å². The molecule has 0 aliphatic carbocycles. The highest BCUT2D eigenvalue weighted by Crippen LogP contribution is 2.24. The van der Waals surface area contributed by atoms with Crippen molar-refractivity contribution in [2.24, 2.45) is 0 Å². The maximum Gasteiger partial charge on any atom is 0.313 e. The largest absolute Gasteiger partial charge is 0.313 e. The molecule has 0 aliphatic heterocycles. The van der Waals surface area contributed by atoms with Gasteiger partial charge in [0.1, 0.15) is 23.2 Å².